The fourth-order valence-electron chi connectivity index (χ4n) is 2.83. The maximum atomic E-state index is 12.7. The summed E-state index contributed by atoms with van der Waals surface area (Å²) in [5, 5.41) is 0. The maximum Gasteiger partial charge on any atom is 0.272 e. The molecule has 1 aliphatic rings. The van der Waals surface area contributed by atoms with E-state index in [0.29, 0.717) is 11.6 Å². The van der Waals surface area contributed by atoms with E-state index < -0.39 is 0 Å². The first-order chi connectivity index (χ1) is 11.0. The number of amides is 1. The van der Waals surface area contributed by atoms with Crippen LogP contribution < -0.4 is 4.90 Å². The number of hydrogen-bond acceptors (Lipinski definition) is 5. The zero-order chi connectivity index (χ0) is 16.8. The molecule has 0 atom stereocenters. The second-order valence-electron chi connectivity index (χ2n) is 6.28. The van der Waals surface area contributed by atoms with Crippen molar-refractivity contribution in [1.29, 1.82) is 0 Å². The van der Waals surface area contributed by atoms with Gasteiger partial charge in [-0.2, -0.15) is 0 Å². The molecule has 0 saturated carbocycles. The Morgan fingerprint density at radius 3 is 2.30 bits per heavy atom. The van der Waals surface area contributed by atoms with Gasteiger partial charge >= 0.3 is 0 Å². The number of carbonyl (C=O) groups is 1. The van der Waals surface area contributed by atoms with E-state index in [1.807, 2.05) is 11.8 Å². The van der Waals surface area contributed by atoms with E-state index in [-0.39, 0.29) is 5.91 Å². The van der Waals surface area contributed by atoms with Crippen LogP contribution in [-0.2, 0) is 0 Å². The maximum absolute atomic E-state index is 12.7. The van der Waals surface area contributed by atoms with E-state index in [9.17, 15) is 4.79 Å². The van der Waals surface area contributed by atoms with Crippen LogP contribution in [0.2, 0.25) is 0 Å². The van der Waals surface area contributed by atoms with Gasteiger partial charge < -0.3 is 14.7 Å². The average molecular weight is 319 g/mol. The molecule has 0 radical (unpaired) electrons. The second-order valence-corrected chi connectivity index (χ2v) is 6.28. The Morgan fingerprint density at radius 2 is 1.74 bits per heavy atom. The molecule has 0 spiro atoms. The predicted molar refractivity (Wildman–Crippen MR) is 93.0 cm³/mol. The highest BCUT2D eigenvalue weighted by molar-refractivity contribution is 5.92. The van der Waals surface area contributed by atoms with Crippen LogP contribution in [0.4, 0.5) is 5.95 Å². The molecule has 1 amide bonds. The van der Waals surface area contributed by atoms with E-state index >= 15 is 0 Å². The number of hydrogen-bond donors (Lipinski definition) is 0. The van der Waals surface area contributed by atoms with Gasteiger partial charge in [-0.3, -0.25) is 4.79 Å². The summed E-state index contributed by atoms with van der Waals surface area (Å²) in [5.41, 5.74) is 1.37. The minimum Gasteiger partial charge on any atom is -0.341 e. The monoisotopic (exact) mass is 319 g/mol. The highest BCUT2D eigenvalue weighted by Gasteiger charge is 2.23. The molecule has 1 aromatic rings. The zero-order valence-electron chi connectivity index (χ0n) is 14.9. The van der Waals surface area contributed by atoms with Crippen LogP contribution in [0.25, 0.3) is 0 Å². The predicted octanol–water partition coefficient (Wildman–Crippen LogP) is 1.80. The quantitative estimate of drug-likeness (QED) is 0.800. The molecule has 23 heavy (non-hydrogen) atoms. The van der Waals surface area contributed by atoms with Crippen LogP contribution in [0.5, 0.6) is 0 Å². The van der Waals surface area contributed by atoms with Gasteiger partial charge in [-0.25, -0.2) is 9.97 Å². The van der Waals surface area contributed by atoms with Gasteiger partial charge in [0.25, 0.3) is 5.91 Å². The lowest BCUT2D eigenvalue weighted by Gasteiger charge is -2.32. The molecule has 0 N–H and O–H groups in total. The summed E-state index contributed by atoms with van der Waals surface area (Å²) < 4.78 is 0. The lowest BCUT2D eigenvalue weighted by atomic mass is 10.2. The molecule has 2 rings (SSSR count). The summed E-state index contributed by atoms with van der Waals surface area (Å²) in [5.74, 6) is 0.712. The molecule has 0 unspecified atom stereocenters. The van der Waals surface area contributed by atoms with Crippen molar-refractivity contribution in [3.8, 4) is 0 Å². The fourth-order valence-corrected chi connectivity index (χ4v) is 2.83. The van der Waals surface area contributed by atoms with Gasteiger partial charge in [-0.15, -0.1) is 0 Å². The molecule has 0 bridgehead atoms. The largest absolute Gasteiger partial charge is 0.341 e. The molecule has 0 aromatic carbocycles. The standard InChI is InChI=1S/C17H29N5O/c1-5-7-22(8-6-2)17-18-14(3)13-15(19-17)16(23)21-11-9-20(4)10-12-21/h13H,5-12H2,1-4H3. The third-order valence-corrected chi connectivity index (χ3v) is 4.12. The van der Waals surface area contributed by atoms with Crippen molar-refractivity contribution in [3.63, 3.8) is 0 Å². The number of anilines is 1. The minimum absolute atomic E-state index is 0.0257. The van der Waals surface area contributed by atoms with Gasteiger partial charge in [0.1, 0.15) is 5.69 Å². The van der Waals surface area contributed by atoms with Crippen LogP contribution in [0.1, 0.15) is 42.9 Å². The van der Waals surface area contributed by atoms with E-state index in [0.717, 1.165) is 57.8 Å². The Labute approximate surface area is 139 Å². The van der Waals surface area contributed by atoms with Gasteiger partial charge in [-0.1, -0.05) is 13.8 Å². The molecule has 128 valence electrons. The molecule has 1 fully saturated rings. The van der Waals surface area contributed by atoms with E-state index in [1.165, 1.54) is 0 Å². The molecular weight excluding hydrogens is 290 g/mol. The summed E-state index contributed by atoms with van der Waals surface area (Å²) in [7, 11) is 2.09. The third kappa shape index (κ3) is 4.64. The van der Waals surface area contributed by atoms with Crippen LogP contribution in [0, 0.1) is 6.92 Å². The summed E-state index contributed by atoms with van der Waals surface area (Å²) in [6.07, 6.45) is 2.08. The van der Waals surface area contributed by atoms with Gasteiger partial charge in [0.05, 0.1) is 0 Å². The highest BCUT2D eigenvalue weighted by Crippen LogP contribution is 2.14. The topological polar surface area (TPSA) is 52.6 Å². The molecular formula is C17H29N5O. The van der Waals surface area contributed by atoms with Crippen molar-refractivity contribution < 1.29 is 4.79 Å². The van der Waals surface area contributed by atoms with Crippen molar-refractivity contribution in [2.45, 2.75) is 33.6 Å². The Morgan fingerprint density at radius 1 is 1.13 bits per heavy atom. The van der Waals surface area contributed by atoms with Crippen LogP contribution >= 0.6 is 0 Å². The van der Waals surface area contributed by atoms with E-state index in [4.69, 9.17) is 0 Å². The lowest BCUT2D eigenvalue weighted by molar-refractivity contribution is 0.0658. The molecule has 1 aromatic heterocycles. The normalized spacial score (nSPS) is 15.7. The SMILES string of the molecule is CCCN(CCC)c1nc(C)cc(C(=O)N2CCN(C)CC2)n1. The Hall–Kier alpha value is -1.69. The first-order valence-corrected chi connectivity index (χ1v) is 8.63. The van der Waals surface area contributed by atoms with Crippen molar-refractivity contribution >= 4 is 11.9 Å². The summed E-state index contributed by atoms with van der Waals surface area (Å²) >= 11 is 0. The number of aromatic nitrogens is 2. The van der Waals surface area contributed by atoms with Gasteiger partial charge in [0, 0.05) is 45.0 Å². The second kappa shape index (κ2) is 8.24. The van der Waals surface area contributed by atoms with Gasteiger partial charge in [-0.05, 0) is 32.9 Å². The van der Waals surface area contributed by atoms with Crippen LogP contribution in [-0.4, -0.2) is 72.0 Å². The first kappa shape index (κ1) is 17.7. The molecule has 1 saturated heterocycles. The number of aryl methyl sites for hydroxylation is 1. The lowest BCUT2D eigenvalue weighted by Crippen LogP contribution is -2.47. The highest BCUT2D eigenvalue weighted by atomic mass is 16.2. The third-order valence-electron chi connectivity index (χ3n) is 4.12. The van der Waals surface area contributed by atoms with Gasteiger partial charge in [0.15, 0.2) is 0 Å². The first-order valence-electron chi connectivity index (χ1n) is 8.63. The van der Waals surface area contributed by atoms with E-state index in [1.54, 1.807) is 6.07 Å². The fraction of sp³-hybridized carbons (Fsp3) is 0.706. The number of nitrogens with zero attached hydrogens (tertiary/aromatic N) is 5. The van der Waals surface area contributed by atoms with E-state index in [2.05, 4.69) is 40.7 Å². The molecule has 6 nitrogen and oxygen atoms in total. The van der Waals surface area contributed by atoms with Gasteiger partial charge in [0.2, 0.25) is 5.95 Å². The van der Waals surface area contributed by atoms with Crippen molar-refractivity contribution in [2.75, 3.05) is 51.2 Å². The number of carbonyl (C=O) groups excluding carboxylic acids is 1. The molecule has 0 aliphatic carbocycles. The summed E-state index contributed by atoms with van der Waals surface area (Å²) in [6.45, 7) is 11.4. The van der Waals surface area contributed by atoms with Crippen LogP contribution in [0.15, 0.2) is 6.07 Å². The molecule has 2 heterocycles. The number of piperazine rings is 1. The Kier molecular flexibility index (Phi) is 6.33. The Balaban J connectivity index is 2.20. The molecule has 6 heteroatoms. The number of likely N-dealkylation sites (N-methyl/N-ethyl adjacent to an activating group) is 1. The summed E-state index contributed by atoms with van der Waals surface area (Å²) in [4.78, 5) is 28.2. The molecule has 1 aliphatic heterocycles. The average Bonchev–Trinajstić information content (AvgIpc) is 2.54. The minimum atomic E-state index is 0.0257. The Bertz CT molecular complexity index is 520. The van der Waals surface area contributed by atoms with Crippen LogP contribution in [0.3, 0.4) is 0 Å². The smallest absolute Gasteiger partial charge is 0.272 e. The zero-order valence-corrected chi connectivity index (χ0v) is 14.9. The number of rotatable bonds is 6. The van der Waals surface area contributed by atoms with Crippen molar-refractivity contribution in [2.24, 2.45) is 0 Å². The van der Waals surface area contributed by atoms with Crippen molar-refractivity contribution in [1.82, 2.24) is 19.8 Å². The van der Waals surface area contributed by atoms with Crippen molar-refractivity contribution in [3.05, 3.63) is 17.5 Å². The summed E-state index contributed by atoms with van der Waals surface area (Å²) in [6, 6.07) is 1.81.